The van der Waals surface area contributed by atoms with E-state index in [-0.39, 0.29) is 11.9 Å². The van der Waals surface area contributed by atoms with Gasteiger partial charge < -0.3 is 14.6 Å². The number of benzene rings is 1. The summed E-state index contributed by atoms with van der Waals surface area (Å²) in [5.74, 6) is 6.21. The number of phenolic OH excluding ortho intramolecular Hbond substituents is 1. The average molecular weight is 1110 g/mol. The molecule has 5 nitrogen and oxygen atoms in total. The van der Waals surface area contributed by atoms with Gasteiger partial charge >= 0.3 is 11.9 Å². The molecule has 0 bridgehead atoms. The standard InChI is InChI=1S/C42H82O4S.C25H44OS2/c1-3-5-7-9-11-13-15-17-19-21-23-25-27-29-31-33-37-45-41(43)35-39-47-40-36-42(44)46-38-34-32-30-28-26-24-22-20-18-16-14-12-10-8-6-4-2;1-4-6-8-10-12-14-16-27-20-23-18-22(3)25(26)24(19-23)21-28-17-15-13-11-9-7-5-2/h3-40H2,1-2H3;18-19,26H,4-17,20-21H2,1-3H3. The van der Waals surface area contributed by atoms with E-state index in [9.17, 15) is 14.7 Å². The van der Waals surface area contributed by atoms with Gasteiger partial charge in [0.1, 0.15) is 5.75 Å². The summed E-state index contributed by atoms with van der Waals surface area (Å²) in [5, 5.41) is 10.4. The summed E-state index contributed by atoms with van der Waals surface area (Å²) in [4.78, 5) is 23.9. The zero-order valence-electron chi connectivity index (χ0n) is 50.6. The minimum absolute atomic E-state index is 0.107. The number of thioether (sulfide) groups is 3. The number of carbonyl (C=O) groups is 2. The lowest BCUT2D eigenvalue weighted by Crippen LogP contribution is -2.09. The molecule has 1 N–H and O–H groups in total. The predicted molar refractivity (Wildman–Crippen MR) is 339 cm³/mol. The van der Waals surface area contributed by atoms with Gasteiger partial charge in [0.15, 0.2) is 0 Å². The Morgan fingerprint density at radius 3 is 0.960 bits per heavy atom. The molecule has 0 heterocycles. The molecule has 1 aromatic rings. The van der Waals surface area contributed by atoms with Crippen molar-refractivity contribution in [1.29, 1.82) is 0 Å². The first-order chi connectivity index (χ1) is 36.9. The molecule has 0 atom stereocenters. The number of rotatable bonds is 58. The van der Waals surface area contributed by atoms with Crippen molar-refractivity contribution in [3.8, 4) is 5.75 Å². The van der Waals surface area contributed by atoms with E-state index in [0.717, 1.165) is 48.3 Å². The van der Waals surface area contributed by atoms with Crippen LogP contribution in [0.25, 0.3) is 0 Å². The molecular formula is C67H126O5S3. The third-order valence-electron chi connectivity index (χ3n) is 14.7. The van der Waals surface area contributed by atoms with Crippen LogP contribution in [0, 0.1) is 6.92 Å². The van der Waals surface area contributed by atoms with Crippen molar-refractivity contribution >= 4 is 47.2 Å². The number of ether oxygens (including phenoxy) is 2. The summed E-state index contributed by atoms with van der Waals surface area (Å²) in [6.45, 7) is 12.3. The van der Waals surface area contributed by atoms with Crippen molar-refractivity contribution in [2.75, 3.05) is 36.2 Å². The van der Waals surface area contributed by atoms with E-state index < -0.39 is 0 Å². The van der Waals surface area contributed by atoms with Crippen molar-refractivity contribution < 1.29 is 24.2 Å². The largest absolute Gasteiger partial charge is 0.507 e. The molecule has 0 spiro atoms. The van der Waals surface area contributed by atoms with Crippen LogP contribution in [0.5, 0.6) is 5.75 Å². The Morgan fingerprint density at radius 2 is 0.640 bits per heavy atom. The third-order valence-corrected chi connectivity index (χ3v) is 17.9. The number of hydrogen-bond donors (Lipinski definition) is 1. The lowest BCUT2D eigenvalue weighted by molar-refractivity contribution is -0.144. The lowest BCUT2D eigenvalue weighted by Gasteiger charge is -2.11. The number of phenols is 1. The highest BCUT2D eigenvalue weighted by atomic mass is 32.2. The fourth-order valence-electron chi connectivity index (χ4n) is 9.70. The summed E-state index contributed by atoms with van der Waals surface area (Å²) in [5.41, 5.74) is 3.54. The minimum atomic E-state index is -0.107. The highest BCUT2D eigenvalue weighted by molar-refractivity contribution is 7.99. The van der Waals surface area contributed by atoms with Crippen molar-refractivity contribution in [2.45, 2.75) is 341 Å². The monoisotopic (exact) mass is 1110 g/mol. The van der Waals surface area contributed by atoms with Gasteiger partial charge in [-0.1, -0.05) is 297 Å². The van der Waals surface area contributed by atoms with Gasteiger partial charge in [0.25, 0.3) is 0 Å². The van der Waals surface area contributed by atoms with Crippen molar-refractivity contribution in [3.05, 3.63) is 28.8 Å². The van der Waals surface area contributed by atoms with Crippen molar-refractivity contribution in [2.24, 2.45) is 0 Å². The summed E-state index contributed by atoms with van der Waals surface area (Å²) >= 11 is 5.66. The quantitative estimate of drug-likeness (QED) is 0.0511. The van der Waals surface area contributed by atoms with Crippen LogP contribution in [-0.2, 0) is 30.6 Å². The smallest absolute Gasteiger partial charge is 0.306 e. The number of esters is 2. The Bertz CT molecular complexity index is 1270. The van der Waals surface area contributed by atoms with Gasteiger partial charge in [-0.15, -0.1) is 0 Å². The van der Waals surface area contributed by atoms with Crippen LogP contribution < -0.4 is 0 Å². The molecule has 0 amide bonds. The number of aromatic hydroxyl groups is 1. The second kappa shape index (κ2) is 62.2. The molecule has 0 aliphatic rings. The SMILES string of the molecule is CCCCCCCCCCCCCCCCCCOC(=O)CCSCCC(=O)OCCCCCCCCCCCCCCCCCC.CCCCCCCCSCc1cc(C)c(O)c(CSCCCCCCCC)c1. The molecule has 0 aliphatic carbocycles. The molecule has 0 fully saturated rings. The first-order valence-electron chi connectivity index (χ1n) is 32.7. The summed E-state index contributed by atoms with van der Waals surface area (Å²) in [7, 11) is 0. The van der Waals surface area contributed by atoms with E-state index >= 15 is 0 Å². The second-order valence-corrected chi connectivity index (χ2v) is 25.7. The molecule has 1 rings (SSSR count). The molecule has 0 saturated heterocycles. The number of unbranched alkanes of at least 4 members (excludes halogenated alkanes) is 40. The van der Waals surface area contributed by atoms with E-state index in [1.807, 2.05) is 30.4 Å². The molecular weight excluding hydrogens is 981 g/mol. The maximum atomic E-state index is 12.0. The van der Waals surface area contributed by atoms with Crippen molar-refractivity contribution in [1.82, 2.24) is 0 Å². The van der Waals surface area contributed by atoms with Gasteiger partial charge in [-0.2, -0.15) is 35.3 Å². The first-order valence-corrected chi connectivity index (χ1v) is 36.2. The predicted octanol–water partition coefficient (Wildman–Crippen LogP) is 23.0. The van der Waals surface area contributed by atoms with Crippen LogP contribution in [0.2, 0.25) is 0 Å². The number of hydrogen-bond acceptors (Lipinski definition) is 8. The zero-order chi connectivity index (χ0) is 54.6. The van der Waals surface area contributed by atoms with Gasteiger partial charge in [-0.25, -0.2) is 0 Å². The normalized spacial score (nSPS) is 11.3. The first kappa shape index (κ1) is 74.0. The maximum absolute atomic E-state index is 12.0. The molecule has 0 aliphatic heterocycles. The molecule has 0 unspecified atom stereocenters. The molecule has 0 saturated carbocycles. The maximum Gasteiger partial charge on any atom is 0.306 e. The Kier molecular flexibility index (Phi) is 61.4. The van der Waals surface area contributed by atoms with Crippen LogP contribution >= 0.6 is 35.3 Å². The fraction of sp³-hybridized carbons (Fsp3) is 0.881. The van der Waals surface area contributed by atoms with Crippen LogP contribution in [0.1, 0.15) is 340 Å². The van der Waals surface area contributed by atoms with E-state index in [4.69, 9.17) is 9.47 Å². The van der Waals surface area contributed by atoms with Gasteiger partial charge in [0.2, 0.25) is 0 Å². The Hall–Kier alpha value is -0.990. The van der Waals surface area contributed by atoms with Crippen LogP contribution in [0.15, 0.2) is 12.1 Å². The lowest BCUT2D eigenvalue weighted by atomic mass is 10.0. The molecule has 0 radical (unpaired) electrons. The topological polar surface area (TPSA) is 72.8 Å². The average Bonchev–Trinajstić information content (AvgIpc) is 3.41. The van der Waals surface area contributed by atoms with Gasteiger partial charge in [-0.3, -0.25) is 9.59 Å². The number of carbonyl (C=O) groups excluding carboxylic acids is 2. The Morgan fingerprint density at radius 1 is 0.360 bits per heavy atom. The van der Waals surface area contributed by atoms with Gasteiger partial charge in [-0.05, 0) is 55.2 Å². The van der Waals surface area contributed by atoms with Crippen LogP contribution in [-0.4, -0.2) is 53.3 Å². The molecule has 0 aromatic heterocycles. The molecule has 442 valence electrons. The van der Waals surface area contributed by atoms with Gasteiger partial charge in [0.05, 0.1) is 26.1 Å². The van der Waals surface area contributed by atoms with E-state index in [0.29, 0.717) is 43.3 Å². The van der Waals surface area contributed by atoms with E-state index in [2.05, 4.69) is 39.8 Å². The second-order valence-electron chi connectivity index (χ2n) is 22.2. The minimum Gasteiger partial charge on any atom is -0.507 e. The third kappa shape index (κ3) is 56.1. The highest BCUT2D eigenvalue weighted by Gasteiger charge is 2.09. The van der Waals surface area contributed by atoms with Crippen LogP contribution in [0.4, 0.5) is 0 Å². The van der Waals surface area contributed by atoms with E-state index in [1.54, 1.807) is 11.8 Å². The molecule has 75 heavy (non-hydrogen) atoms. The summed E-state index contributed by atoms with van der Waals surface area (Å²) in [6.07, 6.45) is 60.3. The van der Waals surface area contributed by atoms with Crippen molar-refractivity contribution in [3.63, 3.8) is 0 Å². The van der Waals surface area contributed by atoms with E-state index in [1.165, 1.54) is 274 Å². The van der Waals surface area contributed by atoms with Gasteiger partial charge in [0, 0.05) is 28.6 Å². The summed E-state index contributed by atoms with van der Waals surface area (Å²) < 4.78 is 10.8. The molecule has 8 heteroatoms. The Balaban J connectivity index is 0.00000166. The zero-order valence-corrected chi connectivity index (χ0v) is 53.1. The molecule has 1 aromatic carbocycles. The fourth-order valence-corrected chi connectivity index (χ4v) is 12.5. The summed E-state index contributed by atoms with van der Waals surface area (Å²) in [6, 6.07) is 4.41. The number of aryl methyl sites for hydroxylation is 1. The highest BCUT2D eigenvalue weighted by Crippen LogP contribution is 2.30. The Labute approximate surface area is 480 Å². The van der Waals surface area contributed by atoms with Crippen LogP contribution in [0.3, 0.4) is 0 Å².